The van der Waals surface area contributed by atoms with Crippen molar-refractivity contribution in [3.05, 3.63) is 23.5 Å². The first-order valence-electron chi connectivity index (χ1n) is 3.18. The van der Waals surface area contributed by atoms with E-state index in [2.05, 4.69) is 17.1 Å². The average molecular weight is 120 g/mol. The van der Waals surface area contributed by atoms with Crippen molar-refractivity contribution >= 4 is 0 Å². The predicted molar refractivity (Wildman–Crippen MR) is 34.2 cm³/mol. The van der Waals surface area contributed by atoms with Gasteiger partial charge in [0.15, 0.2) is 0 Å². The zero-order chi connectivity index (χ0) is 6.27. The number of fused-ring (bicyclic) bond motifs is 1. The normalized spacial score (nSPS) is 22.6. The molecule has 1 atom stereocenters. The highest BCUT2D eigenvalue weighted by Crippen LogP contribution is 2.30. The molecule has 0 aromatic carbocycles. The highest BCUT2D eigenvalue weighted by atomic mass is 15.1. The van der Waals surface area contributed by atoms with Gasteiger partial charge < -0.3 is 0 Å². The van der Waals surface area contributed by atoms with Gasteiger partial charge in [-0.25, -0.2) is 0 Å². The average Bonchev–Trinajstić information content (AvgIpc) is 1.86. The summed E-state index contributed by atoms with van der Waals surface area (Å²) in [6.45, 7) is 2.18. The third-order valence-electron chi connectivity index (χ3n) is 1.83. The molecule has 1 aliphatic carbocycles. The standard InChI is InChI=1S/C7H8N2/c1-5-4-6-2-3-8-9-7(5)6/h2-3,5H,4H2,1H3/t5-/m1/s1. The van der Waals surface area contributed by atoms with Gasteiger partial charge >= 0.3 is 0 Å². The van der Waals surface area contributed by atoms with Gasteiger partial charge in [-0.1, -0.05) is 6.92 Å². The maximum Gasteiger partial charge on any atom is 0.0694 e. The van der Waals surface area contributed by atoms with Crippen LogP contribution in [-0.2, 0) is 6.42 Å². The molecule has 2 heteroatoms. The van der Waals surface area contributed by atoms with E-state index in [0.717, 1.165) is 0 Å². The fraction of sp³-hybridized carbons (Fsp3) is 0.429. The first-order chi connectivity index (χ1) is 4.38. The van der Waals surface area contributed by atoms with Gasteiger partial charge in [0.2, 0.25) is 0 Å². The highest BCUT2D eigenvalue weighted by molar-refractivity contribution is 5.31. The van der Waals surface area contributed by atoms with Gasteiger partial charge in [0.25, 0.3) is 0 Å². The molecule has 46 valence electrons. The Morgan fingerprint density at radius 3 is 3.11 bits per heavy atom. The topological polar surface area (TPSA) is 25.8 Å². The minimum absolute atomic E-state index is 0.647. The van der Waals surface area contributed by atoms with Crippen molar-refractivity contribution in [1.82, 2.24) is 10.2 Å². The van der Waals surface area contributed by atoms with Crippen molar-refractivity contribution in [2.45, 2.75) is 19.3 Å². The van der Waals surface area contributed by atoms with Crippen LogP contribution >= 0.6 is 0 Å². The molecule has 1 aromatic heterocycles. The van der Waals surface area contributed by atoms with E-state index in [0.29, 0.717) is 5.92 Å². The SMILES string of the molecule is C[C@@H]1Cc2ccnnc21. The summed E-state index contributed by atoms with van der Waals surface area (Å²) >= 11 is 0. The van der Waals surface area contributed by atoms with Crippen LogP contribution in [0.1, 0.15) is 24.1 Å². The summed E-state index contributed by atoms with van der Waals surface area (Å²) in [5.74, 6) is 0.647. The van der Waals surface area contributed by atoms with E-state index >= 15 is 0 Å². The lowest BCUT2D eigenvalue weighted by atomic mass is 9.84. The minimum atomic E-state index is 0.647. The van der Waals surface area contributed by atoms with Crippen LogP contribution in [0.15, 0.2) is 12.3 Å². The predicted octanol–water partition coefficient (Wildman–Crippen LogP) is 1.14. The summed E-state index contributed by atoms with van der Waals surface area (Å²) in [5, 5.41) is 7.79. The molecule has 0 fully saturated rings. The highest BCUT2D eigenvalue weighted by Gasteiger charge is 2.22. The number of nitrogens with zero attached hydrogens (tertiary/aromatic N) is 2. The molecule has 0 radical (unpaired) electrons. The zero-order valence-corrected chi connectivity index (χ0v) is 5.33. The molecular weight excluding hydrogens is 112 g/mol. The fourth-order valence-electron chi connectivity index (χ4n) is 1.25. The van der Waals surface area contributed by atoms with E-state index in [1.807, 2.05) is 6.07 Å². The van der Waals surface area contributed by atoms with Crippen LogP contribution < -0.4 is 0 Å². The Morgan fingerprint density at radius 2 is 2.56 bits per heavy atom. The summed E-state index contributed by atoms with van der Waals surface area (Å²) < 4.78 is 0. The molecule has 2 rings (SSSR count). The van der Waals surface area contributed by atoms with E-state index in [-0.39, 0.29) is 0 Å². The van der Waals surface area contributed by atoms with Crippen molar-refractivity contribution in [3.63, 3.8) is 0 Å². The minimum Gasteiger partial charge on any atom is -0.159 e. The summed E-state index contributed by atoms with van der Waals surface area (Å²) in [6.07, 6.45) is 2.94. The first kappa shape index (κ1) is 4.91. The third-order valence-corrected chi connectivity index (χ3v) is 1.83. The lowest BCUT2D eigenvalue weighted by Crippen LogP contribution is -2.16. The quantitative estimate of drug-likeness (QED) is 0.513. The third kappa shape index (κ3) is 0.559. The van der Waals surface area contributed by atoms with E-state index in [1.165, 1.54) is 17.7 Å². The molecule has 0 unspecified atom stereocenters. The Balaban J connectivity index is 2.51. The molecule has 0 spiro atoms. The number of aromatic nitrogens is 2. The lowest BCUT2D eigenvalue weighted by molar-refractivity contribution is 0.615. The van der Waals surface area contributed by atoms with Crippen LogP contribution in [0.5, 0.6) is 0 Å². The van der Waals surface area contributed by atoms with Gasteiger partial charge in [-0.05, 0) is 18.1 Å². The van der Waals surface area contributed by atoms with Crippen molar-refractivity contribution in [2.24, 2.45) is 0 Å². The van der Waals surface area contributed by atoms with Crippen LogP contribution in [0.4, 0.5) is 0 Å². The second-order valence-electron chi connectivity index (χ2n) is 2.55. The second-order valence-corrected chi connectivity index (χ2v) is 2.55. The molecule has 0 saturated carbocycles. The van der Waals surface area contributed by atoms with Gasteiger partial charge in [-0.3, -0.25) is 0 Å². The van der Waals surface area contributed by atoms with Crippen LogP contribution in [0.3, 0.4) is 0 Å². The van der Waals surface area contributed by atoms with Crippen molar-refractivity contribution in [1.29, 1.82) is 0 Å². The Kier molecular flexibility index (Phi) is 0.835. The molecule has 1 aliphatic rings. The Morgan fingerprint density at radius 1 is 1.67 bits per heavy atom. The number of hydrogen-bond donors (Lipinski definition) is 0. The van der Waals surface area contributed by atoms with E-state index in [4.69, 9.17) is 0 Å². The maximum absolute atomic E-state index is 4.00. The van der Waals surface area contributed by atoms with Gasteiger partial charge in [-0.2, -0.15) is 10.2 Å². The van der Waals surface area contributed by atoms with Crippen LogP contribution in [0.25, 0.3) is 0 Å². The molecule has 9 heavy (non-hydrogen) atoms. The number of rotatable bonds is 0. The summed E-state index contributed by atoms with van der Waals surface area (Å²) in [5.41, 5.74) is 2.56. The summed E-state index contributed by atoms with van der Waals surface area (Å²) in [4.78, 5) is 0. The monoisotopic (exact) mass is 120 g/mol. The first-order valence-corrected chi connectivity index (χ1v) is 3.18. The Bertz CT molecular complexity index is 232. The van der Waals surface area contributed by atoms with Gasteiger partial charge in [0, 0.05) is 12.1 Å². The Labute approximate surface area is 53.9 Å². The van der Waals surface area contributed by atoms with Crippen molar-refractivity contribution in [3.8, 4) is 0 Å². The smallest absolute Gasteiger partial charge is 0.0694 e. The van der Waals surface area contributed by atoms with Crippen molar-refractivity contribution < 1.29 is 0 Å². The van der Waals surface area contributed by atoms with Crippen LogP contribution in [0.2, 0.25) is 0 Å². The zero-order valence-electron chi connectivity index (χ0n) is 5.33. The van der Waals surface area contributed by atoms with Gasteiger partial charge in [-0.15, -0.1) is 0 Å². The summed E-state index contributed by atoms with van der Waals surface area (Å²) in [6, 6.07) is 2.04. The van der Waals surface area contributed by atoms with E-state index in [1.54, 1.807) is 6.20 Å². The second kappa shape index (κ2) is 1.53. The van der Waals surface area contributed by atoms with E-state index in [9.17, 15) is 0 Å². The summed E-state index contributed by atoms with van der Waals surface area (Å²) in [7, 11) is 0. The van der Waals surface area contributed by atoms with Crippen LogP contribution in [0, 0.1) is 0 Å². The molecule has 0 saturated heterocycles. The maximum atomic E-state index is 4.00. The molecule has 0 amide bonds. The fourth-order valence-corrected chi connectivity index (χ4v) is 1.25. The van der Waals surface area contributed by atoms with E-state index < -0.39 is 0 Å². The molecule has 2 nitrogen and oxygen atoms in total. The van der Waals surface area contributed by atoms with Gasteiger partial charge in [0.05, 0.1) is 5.69 Å². The molecule has 0 bridgehead atoms. The van der Waals surface area contributed by atoms with Gasteiger partial charge in [0.1, 0.15) is 0 Å². The molecule has 0 aliphatic heterocycles. The van der Waals surface area contributed by atoms with Crippen LogP contribution in [-0.4, -0.2) is 10.2 Å². The molecular formula is C7H8N2. The molecule has 0 N–H and O–H groups in total. The number of hydrogen-bond acceptors (Lipinski definition) is 2. The van der Waals surface area contributed by atoms with Crippen molar-refractivity contribution in [2.75, 3.05) is 0 Å². The Hall–Kier alpha value is -0.920. The lowest BCUT2D eigenvalue weighted by Gasteiger charge is -2.23. The largest absolute Gasteiger partial charge is 0.159 e. The molecule has 1 heterocycles. The molecule has 1 aromatic rings.